The van der Waals surface area contributed by atoms with Gasteiger partial charge < -0.3 is 20.3 Å². The number of rotatable bonds is 8. The van der Waals surface area contributed by atoms with E-state index in [1.807, 2.05) is 0 Å². The van der Waals surface area contributed by atoms with Crippen molar-refractivity contribution in [2.75, 3.05) is 32.8 Å². The number of hydrogen-bond donors (Lipinski definition) is 3. The smallest absolute Gasteiger partial charge is 0.275 e. The second-order valence-corrected chi connectivity index (χ2v) is 8.43. The van der Waals surface area contributed by atoms with Crippen LogP contribution in [0, 0.1) is 0 Å². The van der Waals surface area contributed by atoms with E-state index in [4.69, 9.17) is 4.74 Å². The van der Waals surface area contributed by atoms with Crippen molar-refractivity contribution in [3.63, 3.8) is 0 Å². The normalized spacial score (nSPS) is 15.6. The molecule has 1 heterocycles. The van der Waals surface area contributed by atoms with E-state index in [0.717, 1.165) is 38.4 Å². The number of carbonyl (C=O) groups excluding carboxylic acids is 1. The number of amides is 1. The fourth-order valence-electron chi connectivity index (χ4n) is 4.23. The fourth-order valence-corrected chi connectivity index (χ4v) is 4.23. The average molecular weight is 420 g/mol. The van der Waals surface area contributed by atoms with E-state index in [9.17, 15) is 4.79 Å². The molecule has 0 radical (unpaired) electrons. The van der Waals surface area contributed by atoms with Gasteiger partial charge in [0, 0.05) is 17.7 Å². The lowest BCUT2D eigenvalue weighted by molar-refractivity contribution is -0.921. The van der Waals surface area contributed by atoms with Gasteiger partial charge in [-0.15, -0.1) is 0 Å². The fraction of sp³-hybridized carbons (Fsp3) is 0.346. The highest BCUT2D eigenvalue weighted by Crippen LogP contribution is 2.21. The number of nitrogens with two attached hydrogens (primary N) is 1. The summed E-state index contributed by atoms with van der Waals surface area (Å²) in [6.07, 6.45) is 0. The molecule has 31 heavy (non-hydrogen) atoms. The van der Waals surface area contributed by atoms with Crippen LogP contribution in [0.25, 0.3) is 10.8 Å². The summed E-state index contributed by atoms with van der Waals surface area (Å²) < 4.78 is 5.43. The first-order chi connectivity index (χ1) is 15.2. The van der Waals surface area contributed by atoms with Crippen molar-refractivity contribution in [2.45, 2.75) is 26.1 Å². The van der Waals surface area contributed by atoms with Crippen LogP contribution in [0.2, 0.25) is 0 Å². The molecule has 1 aliphatic heterocycles. The molecule has 0 bridgehead atoms. The molecule has 3 aromatic carbocycles. The van der Waals surface area contributed by atoms with Crippen LogP contribution in [0.5, 0.6) is 0 Å². The van der Waals surface area contributed by atoms with Crippen LogP contribution in [0.3, 0.4) is 0 Å². The Morgan fingerprint density at radius 2 is 1.71 bits per heavy atom. The van der Waals surface area contributed by atoms with E-state index >= 15 is 0 Å². The molecule has 5 nitrogen and oxygen atoms in total. The summed E-state index contributed by atoms with van der Waals surface area (Å²) in [5.74, 6) is 0.0638. The van der Waals surface area contributed by atoms with Crippen molar-refractivity contribution in [3.8, 4) is 0 Å². The van der Waals surface area contributed by atoms with Crippen LogP contribution < -0.4 is 15.5 Å². The number of nitrogens with one attached hydrogen (secondary N) is 2. The molecular formula is C26H33N3O2+2. The molecule has 1 aliphatic rings. The highest BCUT2D eigenvalue weighted by Gasteiger charge is 2.15. The zero-order chi connectivity index (χ0) is 21.5. The van der Waals surface area contributed by atoms with Crippen molar-refractivity contribution in [1.29, 1.82) is 0 Å². The lowest BCUT2D eigenvalue weighted by Gasteiger charge is -2.23. The molecule has 4 N–H and O–H groups in total. The Hall–Kier alpha value is -2.73. The van der Waals surface area contributed by atoms with Crippen LogP contribution in [-0.2, 0) is 22.6 Å². The number of ether oxygens (including phenoxy) is 1. The van der Waals surface area contributed by atoms with Gasteiger partial charge in [0.1, 0.15) is 25.7 Å². The number of fused-ring (bicyclic) bond motifs is 1. The minimum absolute atomic E-state index is 0.0638. The van der Waals surface area contributed by atoms with Crippen LogP contribution in [0.15, 0.2) is 66.7 Å². The van der Waals surface area contributed by atoms with E-state index in [2.05, 4.69) is 84.3 Å². The second-order valence-electron chi connectivity index (χ2n) is 8.43. The van der Waals surface area contributed by atoms with Gasteiger partial charge >= 0.3 is 0 Å². The third-order valence-corrected chi connectivity index (χ3v) is 6.14. The number of morpholine rings is 1. The number of hydrogen-bond acceptors (Lipinski definition) is 2. The first kappa shape index (κ1) is 21.5. The third-order valence-electron chi connectivity index (χ3n) is 6.14. The third kappa shape index (κ3) is 5.91. The minimum atomic E-state index is 0.0638. The molecule has 1 atom stereocenters. The summed E-state index contributed by atoms with van der Waals surface area (Å²) in [5.41, 5.74) is 3.74. The van der Waals surface area contributed by atoms with Gasteiger partial charge in [-0.2, -0.15) is 0 Å². The molecule has 0 aromatic heterocycles. The van der Waals surface area contributed by atoms with Crippen molar-refractivity contribution in [1.82, 2.24) is 5.32 Å². The van der Waals surface area contributed by atoms with E-state index < -0.39 is 0 Å². The van der Waals surface area contributed by atoms with E-state index in [-0.39, 0.29) is 11.9 Å². The van der Waals surface area contributed by atoms with Crippen LogP contribution in [-0.4, -0.2) is 38.8 Å². The average Bonchev–Trinajstić information content (AvgIpc) is 2.82. The molecule has 162 valence electrons. The Balaban J connectivity index is 1.23. The van der Waals surface area contributed by atoms with Crippen molar-refractivity contribution < 1.29 is 19.7 Å². The highest BCUT2D eigenvalue weighted by molar-refractivity contribution is 5.86. The Kier molecular flexibility index (Phi) is 7.30. The van der Waals surface area contributed by atoms with Crippen molar-refractivity contribution >= 4 is 16.7 Å². The number of carbonyl (C=O) groups is 1. The molecule has 5 heteroatoms. The van der Waals surface area contributed by atoms with E-state index in [1.165, 1.54) is 21.9 Å². The Bertz CT molecular complexity index is 992. The maximum Gasteiger partial charge on any atom is 0.275 e. The zero-order valence-electron chi connectivity index (χ0n) is 18.3. The lowest BCUT2D eigenvalue weighted by Crippen LogP contribution is -3.12. The summed E-state index contributed by atoms with van der Waals surface area (Å²) in [6, 6.07) is 23.6. The number of benzene rings is 3. The van der Waals surface area contributed by atoms with Gasteiger partial charge in [0.2, 0.25) is 0 Å². The molecule has 4 rings (SSSR count). The first-order valence-electron chi connectivity index (χ1n) is 11.3. The second kappa shape index (κ2) is 10.5. The summed E-state index contributed by atoms with van der Waals surface area (Å²) >= 11 is 0. The Morgan fingerprint density at radius 3 is 2.52 bits per heavy atom. The summed E-state index contributed by atoms with van der Waals surface area (Å²) in [5, 5.41) is 7.65. The predicted octanol–water partition coefficient (Wildman–Crippen LogP) is 1.20. The molecule has 1 saturated heterocycles. The molecule has 1 amide bonds. The molecule has 0 saturated carbocycles. The summed E-state index contributed by atoms with van der Waals surface area (Å²) in [7, 11) is 0. The maximum absolute atomic E-state index is 12.4. The van der Waals surface area contributed by atoms with Gasteiger partial charge in [-0.1, -0.05) is 66.7 Å². The minimum Gasteiger partial charge on any atom is -0.370 e. The van der Waals surface area contributed by atoms with Crippen LogP contribution in [0.4, 0.5) is 0 Å². The van der Waals surface area contributed by atoms with E-state index in [1.54, 1.807) is 4.90 Å². The van der Waals surface area contributed by atoms with Gasteiger partial charge in [-0.25, -0.2) is 0 Å². The van der Waals surface area contributed by atoms with Gasteiger partial charge in [0.15, 0.2) is 6.54 Å². The summed E-state index contributed by atoms with van der Waals surface area (Å²) in [6.45, 7) is 8.05. The maximum atomic E-state index is 12.4. The number of quaternary nitrogens is 2. The Labute approximate surface area is 184 Å². The summed E-state index contributed by atoms with van der Waals surface area (Å²) in [4.78, 5) is 14.0. The monoisotopic (exact) mass is 419 g/mol. The molecule has 0 aliphatic carbocycles. The first-order valence-corrected chi connectivity index (χ1v) is 11.3. The van der Waals surface area contributed by atoms with Crippen LogP contribution >= 0.6 is 0 Å². The molecular weight excluding hydrogens is 386 g/mol. The topological polar surface area (TPSA) is 59.4 Å². The quantitative estimate of drug-likeness (QED) is 0.514. The van der Waals surface area contributed by atoms with Crippen molar-refractivity contribution in [2.24, 2.45) is 0 Å². The standard InChI is InChI=1S/C26H31N3O2/c1-20(24-8-4-6-23-5-2-3-7-25(23)24)27-18-26(30)28-17-21-9-11-22(12-10-21)19-29-13-15-31-16-14-29/h2-12,20,27H,13-19H2,1H3,(H,28,30)/p+2/t20-/m1/s1. The molecule has 0 spiro atoms. The van der Waals surface area contributed by atoms with Gasteiger partial charge in [-0.3, -0.25) is 4.79 Å². The molecule has 0 unspecified atom stereocenters. The SMILES string of the molecule is C[C@@H]([NH2+]CC(=O)NCc1ccc(C[NH+]2CCOCC2)cc1)c1cccc2ccccc12. The lowest BCUT2D eigenvalue weighted by atomic mass is 10.00. The molecule has 1 fully saturated rings. The predicted molar refractivity (Wildman–Crippen MR) is 123 cm³/mol. The van der Waals surface area contributed by atoms with E-state index in [0.29, 0.717) is 13.1 Å². The molecule has 3 aromatic rings. The largest absolute Gasteiger partial charge is 0.370 e. The van der Waals surface area contributed by atoms with Crippen molar-refractivity contribution in [3.05, 3.63) is 83.4 Å². The van der Waals surface area contributed by atoms with Gasteiger partial charge in [-0.05, 0) is 23.3 Å². The van der Waals surface area contributed by atoms with Gasteiger partial charge in [0.05, 0.1) is 13.2 Å². The zero-order valence-corrected chi connectivity index (χ0v) is 18.3. The Morgan fingerprint density at radius 1 is 1.00 bits per heavy atom. The highest BCUT2D eigenvalue weighted by atomic mass is 16.5. The van der Waals surface area contributed by atoms with Gasteiger partial charge in [0.25, 0.3) is 5.91 Å². The van der Waals surface area contributed by atoms with Crippen LogP contribution in [0.1, 0.15) is 29.7 Å².